The van der Waals surface area contributed by atoms with Gasteiger partial charge in [0.25, 0.3) is 0 Å². The minimum absolute atomic E-state index is 0.537. The lowest BCUT2D eigenvalue weighted by Crippen LogP contribution is -2.65. The molecule has 2 atom stereocenters. The number of rotatable bonds is 5. The molecule has 0 saturated carbocycles. The van der Waals surface area contributed by atoms with Gasteiger partial charge >= 0.3 is 0 Å². The van der Waals surface area contributed by atoms with Crippen molar-refractivity contribution in [3.63, 3.8) is 0 Å². The molecule has 0 fully saturated rings. The van der Waals surface area contributed by atoms with Crippen LogP contribution in [0.4, 0.5) is 0 Å². The van der Waals surface area contributed by atoms with Crippen molar-refractivity contribution in [2.45, 2.75) is 53.2 Å². The van der Waals surface area contributed by atoms with Crippen LogP contribution in [-0.2, 0) is 5.60 Å². The predicted molar refractivity (Wildman–Crippen MR) is 91.9 cm³/mol. The third kappa shape index (κ3) is 3.18. The van der Waals surface area contributed by atoms with E-state index in [4.69, 9.17) is 0 Å². The zero-order valence-electron chi connectivity index (χ0n) is 15.2. The standard InChI is InChI=1S/C19H32O4/c1-16(2,3)15(22)18(12-20,13-21)19(23,17(4,5)6)14-10-8-7-9-11-14/h7-11,15,20-23H,12-13H2,1-6H3. The maximum absolute atomic E-state index is 11.8. The first-order valence-electron chi connectivity index (χ1n) is 8.06. The van der Waals surface area contributed by atoms with E-state index in [-0.39, 0.29) is 0 Å². The van der Waals surface area contributed by atoms with E-state index in [1.54, 1.807) is 24.3 Å². The summed E-state index contributed by atoms with van der Waals surface area (Å²) < 4.78 is 0. The van der Waals surface area contributed by atoms with Crippen LogP contribution in [0.1, 0.15) is 47.1 Å². The van der Waals surface area contributed by atoms with E-state index >= 15 is 0 Å². The van der Waals surface area contributed by atoms with Crippen molar-refractivity contribution >= 4 is 0 Å². The molecule has 0 bridgehead atoms. The normalized spacial score (nSPS) is 17.7. The average Bonchev–Trinajstić information content (AvgIpc) is 2.47. The summed E-state index contributed by atoms with van der Waals surface area (Å²) in [4.78, 5) is 0. The van der Waals surface area contributed by atoms with Gasteiger partial charge in [0.1, 0.15) is 5.60 Å². The van der Waals surface area contributed by atoms with Gasteiger partial charge in [-0.05, 0) is 16.4 Å². The molecule has 1 aromatic rings. The first-order chi connectivity index (χ1) is 10.4. The van der Waals surface area contributed by atoms with Crippen molar-refractivity contribution in [1.29, 1.82) is 0 Å². The molecular formula is C19H32O4. The monoisotopic (exact) mass is 324 g/mol. The van der Waals surface area contributed by atoms with E-state index in [2.05, 4.69) is 0 Å². The van der Waals surface area contributed by atoms with Gasteiger partial charge in [0.15, 0.2) is 0 Å². The molecule has 0 radical (unpaired) electrons. The number of hydrogen-bond donors (Lipinski definition) is 4. The average molecular weight is 324 g/mol. The van der Waals surface area contributed by atoms with Crippen LogP contribution >= 0.6 is 0 Å². The van der Waals surface area contributed by atoms with E-state index < -0.39 is 41.2 Å². The SMILES string of the molecule is CC(C)(C)C(O)C(CO)(CO)C(O)(c1ccccc1)C(C)(C)C. The second-order valence-electron chi connectivity index (χ2n) is 8.57. The molecule has 0 aliphatic heterocycles. The van der Waals surface area contributed by atoms with Gasteiger partial charge in [0.05, 0.1) is 24.7 Å². The maximum atomic E-state index is 11.8. The van der Waals surface area contributed by atoms with Gasteiger partial charge in [-0.1, -0.05) is 71.9 Å². The summed E-state index contributed by atoms with van der Waals surface area (Å²) >= 11 is 0. The van der Waals surface area contributed by atoms with Crippen LogP contribution in [0.25, 0.3) is 0 Å². The predicted octanol–water partition coefficient (Wildman–Crippen LogP) is 2.30. The molecule has 132 valence electrons. The van der Waals surface area contributed by atoms with Gasteiger partial charge in [0.2, 0.25) is 0 Å². The van der Waals surface area contributed by atoms with Crippen LogP contribution in [0.5, 0.6) is 0 Å². The van der Waals surface area contributed by atoms with E-state index in [0.717, 1.165) is 0 Å². The highest BCUT2D eigenvalue weighted by Gasteiger charge is 2.62. The van der Waals surface area contributed by atoms with Crippen molar-refractivity contribution in [2.24, 2.45) is 16.2 Å². The van der Waals surface area contributed by atoms with E-state index in [1.165, 1.54) is 0 Å². The molecule has 0 amide bonds. The van der Waals surface area contributed by atoms with E-state index in [0.29, 0.717) is 5.56 Å². The highest BCUT2D eigenvalue weighted by atomic mass is 16.3. The highest BCUT2D eigenvalue weighted by Crippen LogP contribution is 2.55. The van der Waals surface area contributed by atoms with E-state index in [1.807, 2.05) is 47.6 Å². The minimum Gasteiger partial charge on any atom is -0.395 e. The lowest BCUT2D eigenvalue weighted by Gasteiger charge is -2.57. The summed E-state index contributed by atoms with van der Waals surface area (Å²) in [6, 6.07) is 8.97. The maximum Gasteiger partial charge on any atom is 0.107 e. The highest BCUT2D eigenvalue weighted by molar-refractivity contribution is 5.30. The van der Waals surface area contributed by atoms with Gasteiger partial charge < -0.3 is 20.4 Å². The number of aliphatic hydroxyl groups is 4. The molecule has 0 aliphatic carbocycles. The Morgan fingerprint density at radius 3 is 1.61 bits per heavy atom. The van der Waals surface area contributed by atoms with Crippen molar-refractivity contribution in [3.05, 3.63) is 35.9 Å². The Bertz CT molecular complexity index is 494. The third-order valence-electron chi connectivity index (χ3n) is 4.91. The Kier molecular flexibility index (Phi) is 5.70. The first-order valence-corrected chi connectivity index (χ1v) is 8.06. The summed E-state index contributed by atoms with van der Waals surface area (Å²) in [5.74, 6) is 0. The number of aliphatic hydroxyl groups excluding tert-OH is 3. The van der Waals surface area contributed by atoms with Crippen LogP contribution in [0.3, 0.4) is 0 Å². The summed E-state index contributed by atoms with van der Waals surface area (Å²) in [5, 5.41) is 43.1. The number of hydrogen-bond acceptors (Lipinski definition) is 4. The molecule has 1 rings (SSSR count). The molecule has 2 unspecified atom stereocenters. The third-order valence-corrected chi connectivity index (χ3v) is 4.91. The fraction of sp³-hybridized carbons (Fsp3) is 0.684. The summed E-state index contributed by atoms with van der Waals surface area (Å²) in [6.07, 6.45) is -1.12. The molecule has 23 heavy (non-hydrogen) atoms. The molecule has 0 aliphatic rings. The Morgan fingerprint density at radius 2 is 1.30 bits per heavy atom. The summed E-state index contributed by atoms with van der Waals surface area (Å²) in [7, 11) is 0. The fourth-order valence-corrected chi connectivity index (χ4v) is 3.63. The fourth-order valence-electron chi connectivity index (χ4n) is 3.63. The van der Waals surface area contributed by atoms with Crippen molar-refractivity contribution in [1.82, 2.24) is 0 Å². The molecule has 0 heterocycles. The largest absolute Gasteiger partial charge is 0.395 e. The summed E-state index contributed by atoms with van der Waals surface area (Å²) in [6.45, 7) is 9.93. The second kappa shape index (κ2) is 6.52. The molecule has 1 aromatic carbocycles. The van der Waals surface area contributed by atoms with Gasteiger partial charge in [-0.25, -0.2) is 0 Å². The van der Waals surface area contributed by atoms with Crippen LogP contribution in [0.2, 0.25) is 0 Å². The lowest BCUT2D eigenvalue weighted by atomic mass is 9.53. The van der Waals surface area contributed by atoms with Gasteiger partial charge in [-0.15, -0.1) is 0 Å². The first kappa shape index (κ1) is 20.1. The van der Waals surface area contributed by atoms with Gasteiger partial charge in [-0.3, -0.25) is 0 Å². The van der Waals surface area contributed by atoms with Crippen molar-refractivity contribution in [2.75, 3.05) is 13.2 Å². The Hall–Kier alpha value is -0.940. The molecule has 0 aromatic heterocycles. The molecule has 4 nitrogen and oxygen atoms in total. The Labute approximate surface area is 139 Å². The van der Waals surface area contributed by atoms with Crippen molar-refractivity contribution in [3.8, 4) is 0 Å². The van der Waals surface area contributed by atoms with E-state index in [9.17, 15) is 20.4 Å². The summed E-state index contributed by atoms with van der Waals surface area (Å²) in [5.41, 5.74) is -3.92. The lowest BCUT2D eigenvalue weighted by molar-refractivity contribution is -0.251. The Balaban J connectivity index is 3.74. The molecule has 0 spiro atoms. The van der Waals surface area contributed by atoms with Crippen molar-refractivity contribution < 1.29 is 20.4 Å². The zero-order chi connectivity index (χ0) is 18.1. The molecular weight excluding hydrogens is 292 g/mol. The number of benzene rings is 1. The van der Waals surface area contributed by atoms with Crippen LogP contribution in [-0.4, -0.2) is 39.7 Å². The quantitative estimate of drug-likeness (QED) is 0.670. The molecule has 0 saturated heterocycles. The van der Waals surface area contributed by atoms with Gasteiger partial charge in [0, 0.05) is 0 Å². The van der Waals surface area contributed by atoms with Crippen LogP contribution in [0.15, 0.2) is 30.3 Å². The molecule has 4 heteroatoms. The Morgan fingerprint density at radius 1 is 0.870 bits per heavy atom. The second-order valence-corrected chi connectivity index (χ2v) is 8.57. The van der Waals surface area contributed by atoms with Crippen LogP contribution < -0.4 is 0 Å². The minimum atomic E-state index is -1.63. The topological polar surface area (TPSA) is 80.9 Å². The van der Waals surface area contributed by atoms with Gasteiger partial charge in [-0.2, -0.15) is 0 Å². The smallest absolute Gasteiger partial charge is 0.107 e. The zero-order valence-corrected chi connectivity index (χ0v) is 15.2. The molecule has 4 N–H and O–H groups in total. The van der Waals surface area contributed by atoms with Crippen LogP contribution in [0, 0.1) is 16.2 Å².